The van der Waals surface area contributed by atoms with E-state index in [0.29, 0.717) is 28.6 Å². The van der Waals surface area contributed by atoms with E-state index in [1.807, 2.05) is 0 Å². The average Bonchev–Trinajstić information content (AvgIpc) is 2.84. The molecule has 0 amide bonds. The van der Waals surface area contributed by atoms with Crippen LogP contribution >= 0.6 is 0 Å². The van der Waals surface area contributed by atoms with Crippen molar-refractivity contribution in [3.8, 4) is 0 Å². The lowest BCUT2D eigenvalue weighted by Gasteiger charge is -2.29. The Hall–Kier alpha value is -0.780. The SMILES string of the molecule is CC(C)/C=C/CC(C)(C)C(C)C.CC(C)/C=C/CCC(C)C.CC(C)/C=C\CCC(C)C.CC(C)CCCC(C)(C)C(C)C. The van der Waals surface area contributed by atoms with Crippen LogP contribution in [-0.2, 0) is 0 Å². The van der Waals surface area contributed by atoms with Crippen LogP contribution in [0, 0.1) is 58.2 Å². The van der Waals surface area contributed by atoms with E-state index >= 15 is 0 Å². The maximum atomic E-state index is 2.39. The van der Waals surface area contributed by atoms with Crippen LogP contribution < -0.4 is 0 Å². The minimum absolute atomic E-state index is 0.450. The van der Waals surface area contributed by atoms with Crippen molar-refractivity contribution < 1.29 is 0 Å². The Kier molecular flexibility index (Phi) is 33.7. The molecule has 44 heavy (non-hydrogen) atoms. The van der Waals surface area contributed by atoms with Gasteiger partial charge in [-0.05, 0) is 96.7 Å². The normalized spacial score (nSPS) is 12.8. The van der Waals surface area contributed by atoms with Crippen molar-refractivity contribution in [2.24, 2.45) is 58.2 Å². The molecule has 0 rings (SSSR count). The Bertz CT molecular complexity index is 632. The fraction of sp³-hybridized carbons (Fsp3) is 0.864. The molecule has 0 saturated carbocycles. The third kappa shape index (κ3) is 43.3. The summed E-state index contributed by atoms with van der Waals surface area (Å²) in [6, 6.07) is 0. The van der Waals surface area contributed by atoms with Crippen LogP contribution in [0.2, 0.25) is 0 Å². The molecule has 0 aromatic rings. The van der Waals surface area contributed by atoms with E-state index in [0.717, 1.165) is 29.6 Å². The van der Waals surface area contributed by atoms with Crippen LogP contribution in [0.15, 0.2) is 36.5 Å². The fourth-order valence-electron chi connectivity index (χ4n) is 3.73. The standard InChI is InChI=1S/C12H26.C12H24.2C10H20/c2*1-10(2)8-7-9-12(5,6)11(3)4;2*1-9(2)7-5-6-8-10(3)4/h10-11H,7-9H2,1-6H3;7-8,10-11H,9H2,1-6H3;2*5,7,9-10H,6,8H2,1-4H3/b;8-7+;7-5+;7-5-. The summed E-state index contributed by atoms with van der Waals surface area (Å²) >= 11 is 0. The molecule has 0 aromatic carbocycles. The number of hydrogen-bond acceptors (Lipinski definition) is 0. The second-order valence-corrected chi connectivity index (χ2v) is 17.7. The van der Waals surface area contributed by atoms with Gasteiger partial charge in [0.25, 0.3) is 0 Å². The third-order valence-electron chi connectivity index (χ3n) is 8.76. The summed E-state index contributed by atoms with van der Waals surface area (Å²) in [6.07, 6.45) is 24.3. The van der Waals surface area contributed by atoms with Crippen LogP contribution in [0.5, 0.6) is 0 Å². The second kappa shape index (κ2) is 29.6. The average molecular weight is 619 g/mol. The molecular weight excluding hydrogens is 528 g/mol. The first-order valence-electron chi connectivity index (χ1n) is 19.0. The highest BCUT2D eigenvalue weighted by atomic mass is 14.3. The van der Waals surface area contributed by atoms with Crippen LogP contribution in [0.4, 0.5) is 0 Å². The third-order valence-corrected chi connectivity index (χ3v) is 8.76. The number of allylic oxidation sites excluding steroid dienone is 6. The van der Waals surface area contributed by atoms with E-state index in [1.165, 1.54) is 51.4 Å². The molecule has 0 radical (unpaired) electrons. The van der Waals surface area contributed by atoms with Crippen molar-refractivity contribution in [2.45, 2.75) is 190 Å². The van der Waals surface area contributed by atoms with Crippen molar-refractivity contribution >= 4 is 0 Å². The highest BCUT2D eigenvalue weighted by Gasteiger charge is 2.21. The summed E-state index contributed by atoms with van der Waals surface area (Å²) in [5.41, 5.74) is 0.986. The molecule has 0 aliphatic rings. The van der Waals surface area contributed by atoms with Gasteiger partial charge in [-0.15, -0.1) is 0 Å². The van der Waals surface area contributed by atoms with Gasteiger partial charge in [0.15, 0.2) is 0 Å². The fourth-order valence-corrected chi connectivity index (χ4v) is 3.73. The van der Waals surface area contributed by atoms with Crippen molar-refractivity contribution in [2.75, 3.05) is 0 Å². The predicted octanol–water partition coefficient (Wildman–Crippen LogP) is 16.0. The quantitative estimate of drug-likeness (QED) is 0.142. The second-order valence-electron chi connectivity index (χ2n) is 17.7. The van der Waals surface area contributed by atoms with Crippen LogP contribution in [-0.4, -0.2) is 0 Å². The van der Waals surface area contributed by atoms with E-state index in [-0.39, 0.29) is 0 Å². The molecule has 0 unspecified atom stereocenters. The molecule has 0 atom stereocenters. The molecule has 0 N–H and O–H groups in total. The van der Waals surface area contributed by atoms with Crippen molar-refractivity contribution in [1.82, 2.24) is 0 Å². The molecule has 266 valence electrons. The molecule has 0 aliphatic carbocycles. The predicted molar refractivity (Wildman–Crippen MR) is 211 cm³/mol. The molecule has 0 fully saturated rings. The maximum Gasteiger partial charge on any atom is -0.0290 e. The summed E-state index contributed by atoms with van der Waals surface area (Å²) in [4.78, 5) is 0. The topological polar surface area (TPSA) is 0 Å². The lowest BCUT2D eigenvalue weighted by atomic mass is 9.77. The van der Waals surface area contributed by atoms with Gasteiger partial charge in [0.05, 0.1) is 0 Å². The molecule has 0 saturated heterocycles. The van der Waals surface area contributed by atoms with Crippen molar-refractivity contribution in [3.05, 3.63) is 36.5 Å². The smallest absolute Gasteiger partial charge is 0.0290 e. The Morgan fingerprint density at radius 3 is 1.00 bits per heavy atom. The van der Waals surface area contributed by atoms with Gasteiger partial charge in [0.2, 0.25) is 0 Å². The summed E-state index contributed by atoms with van der Waals surface area (Å²) in [6.45, 7) is 45.7. The zero-order valence-electron chi connectivity index (χ0n) is 34.7. The Labute approximate surface area is 283 Å². The minimum Gasteiger partial charge on any atom is -0.0883 e. The first-order chi connectivity index (χ1) is 20.0. The van der Waals surface area contributed by atoms with E-state index in [4.69, 9.17) is 0 Å². The van der Waals surface area contributed by atoms with Gasteiger partial charge in [-0.1, -0.05) is 188 Å². The molecule has 0 aromatic heterocycles. The van der Waals surface area contributed by atoms with E-state index in [2.05, 4.69) is 175 Å². The molecule has 0 nitrogen and oxygen atoms in total. The first-order valence-corrected chi connectivity index (χ1v) is 19.0. The van der Waals surface area contributed by atoms with Gasteiger partial charge >= 0.3 is 0 Å². The van der Waals surface area contributed by atoms with Gasteiger partial charge in [-0.2, -0.15) is 0 Å². The number of hydrogen-bond donors (Lipinski definition) is 0. The summed E-state index contributed by atoms with van der Waals surface area (Å²) in [5.74, 6) is 6.24. The zero-order chi connectivity index (χ0) is 35.5. The van der Waals surface area contributed by atoms with Crippen molar-refractivity contribution in [3.63, 3.8) is 0 Å². The molecule has 0 heteroatoms. The molecule has 0 heterocycles. The van der Waals surface area contributed by atoms with E-state index in [9.17, 15) is 0 Å². The van der Waals surface area contributed by atoms with Gasteiger partial charge in [0.1, 0.15) is 0 Å². The molecule has 0 bridgehead atoms. The molecule has 0 aliphatic heterocycles. The number of rotatable bonds is 17. The minimum atomic E-state index is 0.450. The monoisotopic (exact) mass is 619 g/mol. The van der Waals surface area contributed by atoms with Crippen LogP contribution in [0.25, 0.3) is 0 Å². The molecule has 0 spiro atoms. The van der Waals surface area contributed by atoms with E-state index < -0.39 is 0 Å². The molecular formula is C44H90. The summed E-state index contributed by atoms with van der Waals surface area (Å²) in [7, 11) is 0. The van der Waals surface area contributed by atoms with Gasteiger partial charge < -0.3 is 0 Å². The highest BCUT2D eigenvalue weighted by molar-refractivity contribution is 4.90. The zero-order valence-corrected chi connectivity index (χ0v) is 34.7. The summed E-state index contributed by atoms with van der Waals surface area (Å²) in [5, 5.41) is 0. The van der Waals surface area contributed by atoms with Crippen LogP contribution in [0.3, 0.4) is 0 Å². The summed E-state index contributed by atoms with van der Waals surface area (Å²) < 4.78 is 0. The lowest BCUT2D eigenvalue weighted by Crippen LogP contribution is -2.18. The highest BCUT2D eigenvalue weighted by Crippen LogP contribution is 2.32. The van der Waals surface area contributed by atoms with Gasteiger partial charge in [-0.25, -0.2) is 0 Å². The van der Waals surface area contributed by atoms with Gasteiger partial charge in [0, 0.05) is 0 Å². The first kappa shape index (κ1) is 50.1. The van der Waals surface area contributed by atoms with Crippen LogP contribution in [0.1, 0.15) is 190 Å². The Morgan fingerprint density at radius 1 is 0.409 bits per heavy atom. The Morgan fingerprint density at radius 2 is 0.727 bits per heavy atom. The van der Waals surface area contributed by atoms with Gasteiger partial charge in [-0.3, -0.25) is 0 Å². The van der Waals surface area contributed by atoms with E-state index in [1.54, 1.807) is 0 Å². The van der Waals surface area contributed by atoms with Crippen molar-refractivity contribution in [1.29, 1.82) is 0 Å². The lowest BCUT2D eigenvalue weighted by molar-refractivity contribution is 0.218. The Balaban J connectivity index is -0.000000243. The largest absolute Gasteiger partial charge is 0.0883 e. The maximum absolute atomic E-state index is 2.39.